The number of hydrogen-bond acceptors (Lipinski definition) is 4. The molecule has 2 saturated heterocycles. The van der Waals surface area contributed by atoms with Crippen LogP contribution < -0.4 is 0 Å². The highest BCUT2D eigenvalue weighted by Crippen LogP contribution is 2.52. The number of carbonyl (C=O) groups is 2. The molecule has 0 N–H and O–H groups in total. The second-order valence-electron chi connectivity index (χ2n) is 9.04. The van der Waals surface area contributed by atoms with Crippen LogP contribution in [-0.4, -0.2) is 51.9 Å². The van der Waals surface area contributed by atoms with E-state index in [1.807, 2.05) is 35.3 Å². The topological polar surface area (TPSA) is 62.7 Å². The molecule has 2 amide bonds. The van der Waals surface area contributed by atoms with Crippen LogP contribution in [0.1, 0.15) is 22.4 Å². The average Bonchev–Trinajstić information content (AvgIpc) is 3.39. The van der Waals surface area contributed by atoms with Crippen LogP contribution in [0.15, 0.2) is 54.7 Å². The summed E-state index contributed by atoms with van der Waals surface area (Å²) in [5.74, 6) is -1.01. The Bertz CT molecular complexity index is 1070. The first kappa shape index (κ1) is 19.9. The Balaban J connectivity index is 1.37. The third kappa shape index (κ3) is 3.26. The molecule has 2 fully saturated rings. The summed E-state index contributed by atoms with van der Waals surface area (Å²) >= 11 is 0. The fourth-order valence-corrected chi connectivity index (χ4v) is 5.24. The molecule has 4 heterocycles. The number of pyridine rings is 1. The Kier molecular flexibility index (Phi) is 4.70. The maximum Gasteiger partial charge on any atom is 0.230 e. The number of amides is 2. The number of rotatable bonds is 5. The highest BCUT2D eigenvalue weighted by Gasteiger charge is 2.67. The first-order valence-corrected chi connectivity index (χ1v) is 10.7. The third-order valence-electron chi connectivity index (χ3n) is 6.83. The minimum absolute atomic E-state index is 0.0114. The molecule has 1 spiro atoms. The normalized spacial score (nSPS) is 28.3. The zero-order valence-corrected chi connectivity index (χ0v) is 18.1. The highest BCUT2D eigenvalue weighted by atomic mass is 16.5. The lowest BCUT2D eigenvalue weighted by molar-refractivity contribution is -0.142. The second kappa shape index (κ2) is 7.31. The van der Waals surface area contributed by atoms with Crippen LogP contribution >= 0.6 is 0 Å². The summed E-state index contributed by atoms with van der Waals surface area (Å²) in [6.07, 6.45) is 5.35. The van der Waals surface area contributed by atoms with Crippen LogP contribution in [0.4, 0.5) is 0 Å². The largest absolute Gasteiger partial charge is 0.360 e. The van der Waals surface area contributed by atoms with Gasteiger partial charge in [0.25, 0.3) is 0 Å². The summed E-state index contributed by atoms with van der Waals surface area (Å²) in [6, 6.07) is 12.0. The van der Waals surface area contributed by atoms with Gasteiger partial charge in [-0.1, -0.05) is 42.0 Å². The van der Waals surface area contributed by atoms with Gasteiger partial charge in [-0.2, -0.15) is 0 Å². The smallest absolute Gasteiger partial charge is 0.230 e. The number of ether oxygens (including phenoxy) is 1. The van der Waals surface area contributed by atoms with E-state index in [1.54, 1.807) is 18.1 Å². The highest BCUT2D eigenvalue weighted by molar-refractivity contribution is 5.93. The number of aromatic nitrogens is 1. The van der Waals surface area contributed by atoms with Crippen molar-refractivity contribution in [3.05, 3.63) is 77.1 Å². The Labute approximate surface area is 182 Å². The Morgan fingerprint density at radius 2 is 2.13 bits per heavy atom. The summed E-state index contributed by atoms with van der Waals surface area (Å²) in [5, 5.41) is 0. The van der Waals surface area contributed by atoms with E-state index in [0.717, 1.165) is 16.8 Å². The van der Waals surface area contributed by atoms with Crippen LogP contribution in [0.2, 0.25) is 0 Å². The molecule has 1 aromatic carbocycles. The van der Waals surface area contributed by atoms with Crippen molar-refractivity contribution in [1.82, 2.24) is 14.8 Å². The third-order valence-corrected chi connectivity index (χ3v) is 6.83. The molecule has 0 radical (unpaired) electrons. The molecule has 160 valence electrons. The van der Waals surface area contributed by atoms with Gasteiger partial charge in [-0.3, -0.25) is 14.6 Å². The van der Waals surface area contributed by atoms with Crippen LogP contribution in [0.5, 0.6) is 0 Å². The summed E-state index contributed by atoms with van der Waals surface area (Å²) in [5.41, 5.74) is 3.61. The standard InChI is InChI=1S/C25H27N3O3/c1-16-7-8-17(2)18(12-16)13-28-15-25-10-9-20(31-25)21(22(25)24(28)30)23(29)27(3)14-19-6-4-5-11-26-19/h4-12,20-22H,13-15H2,1-3H3/t20-,21-,22-,25-/m0/s1. The number of aryl methyl sites for hydroxylation is 2. The van der Waals surface area contributed by atoms with E-state index in [-0.39, 0.29) is 17.9 Å². The van der Waals surface area contributed by atoms with Crippen molar-refractivity contribution in [3.8, 4) is 0 Å². The van der Waals surface area contributed by atoms with E-state index in [1.165, 1.54) is 5.56 Å². The van der Waals surface area contributed by atoms with Crippen molar-refractivity contribution < 1.29 is 14.3 Å². The SMILES string of the molecule is Cc1ccc(C)c(CN2C[C@]34C=C[C@H](O3)[C@H](C(=O)N(C)Cc3ccccn3)[C@H]4C2=O)c1. The Hall–Kier alpha value is -2.99. The molecular weight excluding hydrogens is 390 g/mol. The van der Waals surface area contributed by atoms with E-state index < -0.39 is 17.4 Å². The first-order chi connectivity index (χ1) is 14.9. The lowest BCUT2D eigenvalue weighted by atomic mass is 9.76. The van der Waals surface area contributed by atoms with Gasteiger partial charge in [0, 0.05) is 19.8 Å². The lowest BCUT2D eigenvalue weighted by Crippen LogP contribution is -2.44. The number of carbonyl (C=O) groups excluding carboxylic acids is 2. The van der Waals surface area contributed by atoms with Gasteiger partial charge < -0.3 is 14.5 Å². The van der Waals surface area contributed by atoms with Gasteiger partial charge in [0.15, 0.2) is 0 Å². The molecule has 3 aliphatic rings. The molecule has 1 aromatic heterocycles. The van der Waals surface area contributed by atoms with Gasteiger partial charge in [-0.05, 0) is 37.1 Å². The number of likely N-dealkylation sites (tertiary alicyclic amines) is 1. The van der Waals surface area contributed by atoms with E-state index >= 15 is 0 Å². The first-order valence-electron chi connectivity index (χ1n) is 10.7. The molecule has 0 aliphatic carbocycles. The van der Waals surface area contributed by atoms with E-state index in [2.05, 4.69) is 37.0 Å². The monoisotopic (exact) mass is 417 g/mol. The maximum absolute atomic E-state index is 13.5. The number of nitrogens with zero attached hydrogens (tertiary/aromatic N) is 3. The Morgan fingerprint density at radius 1 is 1.29 bits per heavy atom. The average molecular weight is 418 g/mol. The van der Waals surface area contributed by atoms with Crippen LogP contribution in [0, 0.1) is 25.7 Å². The van der Waals surface area contributed by atoms with Gasteiger partial charge in [0.1, 0.15) is 5.60 Å². The number of benzene rings is 1. The second-order valence-corrected chi connectivity index (χ2v) is 9.04. The van der Waals surface area contributed by atoms with Crippen molar-refractivity contribution >= 4 is 11.8 Å². The maximum atomic E-state index is 13.5. The van der Waals surface area contributed by atoms with E-state index in [9.17, 15) is 9.59 Å². The summed E-state index contributed by atoms with van der Waals surface area (Å²) < 4.78 is 6.27. The van der Waals surface area contributed by atoms with Crippen molar-refractivity contribution in [2.24, 2.45) is 11.8 Å². The molecule has 5 rings (SSSR count). The van der Waals surface area contributed by atoms with Gasteiger partial charge in [-0.25, -0.2) is 0 Å². The number of hydrogen-bond donors (Lipinski definition) is 0. The van der Waals surface area contributed by atoms with E-state index in [0.29, 0.717) is 19.6 Å². The van der Waals surface area contributed by atoms with Gasteiger partial charge in [0.2, 0.25) is 11.8 Å². The van der Waals surface area contributed by atoms with Gasteiger partial charge in [0.05, 0.1) is 36.7 Å². The van der Waals surface area contributed by atoms with Crippen molar-refractivity contribution in [1.29, 1.82) is 0 Å². The van der Waals surface area contributed by atoms with Gasteiger partial charge in [-0.15, -0.1) is 0 Å². The molecule has 2 aromatic rings. The molecule has 2 bridgehead atoms. The summed E-state index contributed by atoms with van der Waals surface area (Å²) in [4.78, 5) is 34.7. The molecule has 6 heteroatoms. The van der Waals surface area contributed by atoms with Crippen molar-refractivity contribution in [3.63, 3.8) is 0 Å². The van der Waals surface area contributed by atoms with Crippen molar-refractivity contribution in [2.45, 2.75) is 38.6 Å². The molecule has 6 nitrogen and oxygen atoms in total. The zero-order valence-electron chi connectivity index (χ0n) is 18.1. The van der Waals surface area contributed by atoms with Crippen LogP contribution in [0.25, 0.3) is 0 Å². The fourth-order valence-electron chi connectivity index (χ4n) is 5.24. The quantitative estimate of drug-likeness (QED) is 0.702. The molecule has 4 atom stereocenters. The fraction of sp³-hybridized carbons (Fsp3) is 0.400. The molecular formula is C25H27N3O3. The van der Waals surface area contributed by atoms with Crippen molar-refractivity contribution in [2.75, 3.05) is 13.6 Å². The van der Waals surface area contributed by atoms with Gasteiger partial charge >= 0.3 is 0 Å². The minimum atomic E-state index is -0.689. The minimum Gasteiger partial charge on any atom is -0.360 e. The lowest BCUT2D eigenvalue weighted by Gasteiger charge is -2.27. The zero-order chi connectivity index (χ0) is 21.8. The van der Waals surface area contributed by atoms with Crippen LogP contribution in [-0.2, 0) is 27.4 Å². The molecule has 31 heavy (non-hydrogen) atoms. The molecule has 3 aliphatic heterocycles. The Morgan fingerprint density at radius 3 is 2.90 bits per heavy atom. The predicted octanol–water partition coefficient (Wildman–Crippen LogP) is 2.64. The predicted molar refractivity (Wildman–Crippen MR) is 116 cm³/mol. The molecule has 0 unspecified atom stereocenters. The summed E-state index contributed by atoms with van der Waals surface area (Å²) in [6.45, 7) is 5.56. The molecule has 0 saturated carbocycles. The number of fused-ring (bicyclic) bond motifs is 1. The van der Waals surface area contributed by atoms with E-state index in [4.69, 9.17) is 4.74 Å². The van der Waals surface area contributed by atoms with Crippen LogP contribution in [0.3, 0.4) is 0 Å². The summed E-state index contributed by atoms with van der Waals surface area (Å²) in [7, 11) is 1.77.